The lowest BCUT2D eigenvalue weighted by Gasteiger charge is -2.21. The molecule has 1 aromatic carbocycles. The second kappa shape index (κ2) is 8.94. The third-order valence-corrected chi connectivity index (χ3v) is 4.45. The Kier molecular flexibility index (Phi) is 6.91. The van der Waals surface area contributed by atoms with Gasteiger partial charge in [-0.15, -0.1) is 0 Å². The van der Waals surface area contributed by atoms with Crippen molar-refractivity contribution in [3.63, 3.8) is 0 Å². The highest BCUT2D eigenvalue weighted by Crippen LogP contribution is 2.19. The van der Waals surface area contributed by atoms with Crippen LogP contribution in [-0.4, -0.2) is 34.0 Å². The van der Waals surface area contributed by atoms with Gasteiger partial charge < -0.3 is 9.84 Å². The molecule has 0 saturated carbocycles. The van der Waals surface area contributed by atoms with Gasteiger partial charge in [-0.05, 0) is 38.4 Å². The molecule has 2 rings (SSSR count). The van der Waals surface area contributed by atoms with Crippen LogP contribution in [0.1, 0.15) is 68.1 Å². The number of aromatic nitrogens is 2. The summed E-state index contributed by atoms with van der Waals surface area (Å²) in [7, 11) is 0. The molecule has 0 radical (unpaired) electrons. The molecule has 6 heteroatoms. The first-order chi connectivity index (χ1) is 12.3. The van der Waals surface area contributed by atoms with Gasteiger partial charge in [0.25, 0.3) is 0 Å². The van der Waals surface area contributed by atoms with Crippen molar-refractivity contribution in [3.8, 4) is 0 Å². The number of carbonyl (C=O) groups is 1. The van der Waals surface area contributed by atoms with E-state index < -0.39 is 0 Å². The maximum atomic E-state index is 12.5. The highest BCUT2D eigenvalue weighted by atomic mass is 16.5. The van der Waals surface area contributed by atoms with Crippen LogP contribution in [0.4, 0.5) is 0 Å². The number of hydrogen-bond acceptors (Lipinski definition) is 5. The van der Waals surface area contributed by atoms with Crippen molar-refractivity contribution < 1.29 is 9.32 Å². The smallest absolute Gasteiger partial charge is 0.240 e. The molecule has 1 heterocycles. The van der Waals surface area contributed by atoms with Crippen LogP contribution in [-0.2, 0) is 11.3 Å². The first-order valence-corrected chi connectivity index (χ1v) is 9.21. The molecular formula is C20H30N4O2. The van der Waals surface area contributed by atoms with Crippen LogP contribution >= 0.6 is 0 Å². The molecule has 1 atom stereocenters. The number of amides is 1. The molecule has 1 N–H and O–H groups in total. The Hall–Kier alpha value is -2.21. The Morgan fingerprint density at radius 1 is 1.27 bits per heavy atom. The molecule has 0 fully saturated rings. The first kappa shape index (κ1) is 20.1. The van der Waals surface area contributed by atoms with Gasteiger partial charge in [0.05, 0.1) is 19.1 Å². The second-order valence-corrected chi connectivity index (χ2v) is 7.15. The number of benzene rings is 1. The number of nitrogens with one attached hydrogen (secondary N) is 1. The van der Waals surface area contributed by atoms with E-state index in [1.807, 2.05) is 32.6 Å². The Morgan fingerprint density at radius 3 is 2.62 bits per heavy atom. The molecule has 0 spiro atoms. The molecule has 142 valence electrons. The number of nitrogens with zero attached hydrogens (tertiary/aromatic N) is 3. The van der Waals surface area contributed by atoms with Crippen molar-refractivity contribution in [2.24, 2.45) is 0 Å². The molecule has 26 heavy (non-hydrogen) atoms. The molecule has 0 bridgehead atoms. The largest absolute Gasteiger partial charge is 0.348 e. The minimum absolute atomic E-state index is 0.0103. The number of aryl methyl sites for hydroxylation is 2. The molecule has 1 unspecified atom stereocenters. The molecule has 1 amide bonds. The van der Waals surface area contributed by atoms with E-state index in [0.29, 0.717) is 24.8 Å². The summed E-state index contributed by atoms with van der Waals surface area (Å²) in [6, 6.07) is 6.27. The van der Waals surface area contributed by atoms with Crippen LogP contribution in [0.15, 0.2) is 22.7 Å². The van der Waals surface area contributed by atoms with Crippen LogP contribution in [0.5, 0.6) is 0 Å². The van der Waals surface area contributed by atoms with E-state index in [0.717, 1.165) is 12.1 Å². The van der Waals surface area contributed by atoms with Crippen LogP contribution in [0.25, 0.3) is 0 Å². The SMILES string of the molecule is CCN(CC(=O)NC(C)c1cc(C)ccc1C)Cc1nc(C(C)C)no1. The van der Waals surface area contributed by atoms with Gasteiger partial charge in [-0.1, -0.05) is 49.7 Å². The maximum absolute atomic E-state index is 12.5. The van der Waals surface area contributed by atoms with E-state index in [9.17, 15) is 4.79 Å². The van der Waals surface area contributed by atoms with E-state index >= 15 is 0 Å². The molecule has 6 nitrogen and oxygen atoms in total. The van der Waals surface area contributed by atoms with Crippen LogP contribution in [0, 0.1) is 13.8 Å². The Labute approximate surface area is 156 Å². The molecule has 0 aliphatic heterocycles. The molecule has 0 saturated heterocycles. The van der Waals surface area contributed by atoms with Crippen molar-refractivity contribution in [2.45, 2.75) is 60.0 Å². The van der Waals surface area contributed by atoms with Gasteiger partial charge in [-0.25, -0.2) is 0 Å². The highest BCUT2D eigenvalue weighted by Gasteiger charge is 2.17. The predicted molar refractivity (Wildman–Crippen MR) is 102 cm³/mol. The van der Waals surface area contributed by atoms with E-state index in [1.165, 1.54) is 11.1 Å². The standard InChI is InChI=1S/C20H30N4O2/c1-7-24(12-19-22-20(13(2)3)23-26-19)11-18(25)21-16(6)17-10-14(4)8-9-15(17)5/h8-10,13,16H,7,11-12H2,1-6H3,(H,21,25). The summed E-state index contributed by atoms with van der Waals surface area (Å²) in [4.78, 5) is 18.8. The van der Waals surface area contributed by atoms with Crippen molar-refractivity contribution in [3.05, 3.63) is 46.6 Å². The summed E-state index contributed by atoms with van der Waals surface area (Å²) in [5.41, 5.74) is 3.53. The number of rotatable bonds is 8. The quantitative estimate of drug-likeness (QED) is 0.782. The lowest BCUT2D eigenvalue weighted by Crippen LogP contribution is -2.38. The zero-order valence-corrected chi connectivity index (χ0v) is 16.7. The summed E-state index contributed by atoms with van der Waals surface area (Å²) >= 11 is 0. The summed E-state index contributed by atoms with van der Waals surface area (Å²) in [5.74, 6) is 1.46. The predicted octanol–water partition coefficient (Wildman–Crippen LogP) is 3.51. The summed E-state index contributed by atoms with van der Waals surface area (Å²) in [6.07, 6.45) is 0. The van der Waals surface area contributed by atoms with Crippen LogP contribution < -0.4 is 5.32 Å². The van der Waals surface area contributed by atoms with E-state index in [1.54, 1.807) is 0 Å². The lowest BCUT2D eigenvalue weighted by atomic mass is 10.00. The lowest BCUT2D eigenvalue weighted by molar-refractivity contribution is -0.123. The minimum atomic E-state index is -0.0305. The number of likely N-dealkylation sites (N-methyl/N-ethyl adjacent to an activating group) is 1. The molecule has 1 aromatic heterocycles. The minimum Gasteiger partial charge on any atom is -0.348 e. The maximum Gasteiger partial charge on any atom is 0.240 e. The van der Waals surface area contributed by atoms with Crippen molar-refractivity contribution in [1.82, 2.24) is 20.4 Å². The van der Waals surface area contributed by atoms with E-state index in [-0.39, 0.29) is 17.9 Å². The fourth-order valence-electron chi connectivity index (χ4n) is 2.83. The van der Waals surface area contributed by atoms with Gasteiger partial charge in [0, 0.05) is 5.92 Å². The third-order valence-electron chi connectivity index (χ3n) is 4.45. The Balaban J connectivity index is 1.94. The van der Waals surface area contributed by atoms with Crippen molar-refractivity contribution in [2.75, 3.05) is 13.1 Å². The fourth-order valence-corrected chi connectivity index (χ4v) is 2.83. The van der Waals surface area contributed by atoms with Crippen LogP contribution in [0.2, 0.25) is 0 Å². The van der Waals surface area contributed by atoms with Gasteiger partial charge in [0.1, 0.15) is 0 Å². The van der Waals surface area contributed by atoms with Crippen molar-refractivity contribution in [1.29, 1.82) is 0 Å². The molecule has 0 aliphatic carbocycles. The second-order valence-electron chi connectivity index (χ2n) is 7.15. The summed E-state index contributed by atoms with van der Waals surface area (Å²) in [6.45, 7) is 13.7. The highest BCUT2D eigenvalue weighted by molar-refractivity contribution is 5.78. The van der Waals surface area contributed by atoms with E-state index in [2.05, 4.69) is 47.5 Å². The van der Waals surface area contributed by atoms with E-state index in [4.69, 9.17) is 4.52 Å². The summed E-state index contributed by atoms with van der Waals surface area (Å²) in [5, 5.41) is 7.07. The third kappa shape index (κ3) is 5.39. The van der Waals surface area contributed by atoms with Gasteiger partial charge in [-0.3, -0.25) is 9.69 Å². The van der Waals surface area contributed by atoms with Gasteiger partial charge >= 0.3 is 0 Å². The van der Waals surface area contributed by atoms with Gasteiger partial charge in [0.15, 0.2) is 5.82 Å². The van der Waals surface area contributed by atoms with Gasteiger partial charge in [0.2, 0.25) is 11.8 Å². The molecule has 0 aliphatic rings. The molecule has 2 aromatic rings. The molecular weight excluding hydrogens is 328 g/mol. The van der Waals surface area contributed by atoms with Crippen molar-refractivity contribution >= 4 is 5.91 Å². The topological polar surface area (TPSA) is 71.3 Å². The Morgan fingerprint density at radius 2 is 2.00 bits per heavy atom. The average molecular weight is 358 g/mol. The Bertz CT molecular complexity index is 739. The van der Waals surface area contributed by atoms with Gasteiger partial charge in [-0.2, -0.15) is 4.98 Å². The monoisotopic (exact) mass is 358 g/mol. The first-order valence-electron chi connectivity index (χ1n) is 9.21. The van der Waals surface area contributed by atoms with Crippen LogP contribution in [0.3, 0.4) is 0 Å². The number of carbonyl (C=O) groups excluding carboxylic acids is 1. The fraction of sp³-hybridized carbons (Fsp3) is 0.550. The normalized spacial score (nSPS) is 12.6. The average Bonchev–Trinajstić information content (AvgIpc) is 3.05. The zero-order valence-electron chi connectivity index (χ0n) is 16.7. The number of hydrogen-bond donors (Lipinski definition) is 1. The zero-order chi connectivity index (χ0) is 19.3. The summed E-state index contributed by atoms with van der Waals surface area (Å²) < 4.78 is 5.28.